The first kappa shape index (κ1) is 17.9. The van der Waals surface area contributed by atoms with Crippen molar-refractivity contribution in [3.8, 4) is 5.69 Å². The topological polar surface area (TPSA) is 50.2 Å². The van der Waals surface area contributed by atoms with Gasteiger partial charge in [-0.1, -0.05) is 30.3 Å². The van der Waals surface area contributed by atoms with Crippen LogP contribution in [-0.2, 0) is 17.8 Å². The number of carbonyl (C=O) groups excluding carboxylic acids is 1. The molecule has 3 aromatic rings. The zero-order valence-corrected chi connectivity index (χ0v) is 15.2. The molecule has 134 valence electrons. The lowest BCUT2D eigenvalue weighted by molar-refractivity contribution is -0.116. The largest absolute Gasteiger partial charge is 0.326 e. The second-order valence-electron chi connectivity index (χ2n) is 6.62. The molecule has 0 spiro atoms. The zero-order valence-electron chi connectivity index (χ0n) is 15.2. The maximum atomic E-state index is 12.2. The van der Waals surface area contributed by atoms with Gasteiger partial charge in [0.15, 0.2) is 0 Å². The lowest BCUT2D eigenvalue weighted by atomic mass is 10.1. The molecule has 0 aliphatic carbocycles. The summed E-state index contributed by atoms with van der Waals surface area (Å²) < 4.78 is 1.83. The fraction of sp³-hybridized carbons (Fsp3) is 0.238. The summed E-state index contributed by atoms with van der Waals surface area (Å²) in [4.78, 5) is 14.3. The number of nitrogens with zero attached hydrogens (tertiary/aromatic N) is 3. The van der Waals surface area contributed by atoms with E-state index in [0.29, 0.717) is 12.8 Å². The van der Waals surface area contributed by atoms with E-state index in [4.69, 9.17) is 0 Å². The van der Waals surface area contributed by atoms with E-state index in [2.05, 4.69) is 21.4 Å². The van der Waals surface area contributed by atoms with E-state index in [-0.39, 0.29) is 5.91 Å². The zero-order chi connectivity index (χ0) is 18.4. The van der Waals surface area contributed by atoms with E-state index < -0.39 is 0 Å². The van der Waals surface area contributed by atoms with Crippen molar-refractivity contribution in [2.75, 3.05) is 19.4 Å². The third-order valence-electron chi connectivity index (χ3n) is 4.01. The van der Waals surface area contributed by atoms with Gasteiger partial charge in [0.1, 0.15) is 0 Å². The first-order chi connectivity index (χ1) is 12.6. The number of nitrogens with one attached hydrogen (secondary N) is 1. The number of anilines is 1. The minimum Gasteiger partial charge on any atom is -0.326 e. The van der Waals surface area contributed by atoms with E-state index in [1.165, 1.54) is 5.56 Å². The van der Waals surface area contributed by atoms with Crippen LogP contribution >= 0.6 is 0 Å². The van der Waals surface area contributed by atoms with E-state index in [1.54, 1.807) is 0 Å². The van der Waals surface area contributed by atoms with Crippen LogP contribution in [0, 0.1) is 0 Å². The van der Waals surface area contributed by atoms with Crippen LogP contribution in [0.15, 0.2) is 67.0 Å². The summed E-state index contributed by atoms with van der Waals surface area (Å²) >= 11 is 0. The first-order valence-electron chi connectivity index (χ1n) is 8.72. The molecule has 0 radical (unpaired) electrons. The van der Waals surface area contributed by atoms with E-state index in [0.717, 1.165) is 23.5 Å². The molecule has 0 aliphatic rings. The molecule has 5 heteroatoms. The van der Waals surface area contributed by atoms with Crippen LogP contribution in [0.3, 0.4) is 0 Å². The van der Waals surface area contributed by atoms with Gasteiger partial charge in [-0.25, -0.2) is 4.68 Å². The molecule has 2 aromatic carbocycles. The van der Waals surface area contributed by atoms with Crippen LogP contribution in [0.1, 0.15) is 17.5 Å². The second-order valence-corrected chi connectivity index (χ2v) is 6.62. The number of para-hydroxylation sites is 1. The molecule has 0 saturated heterocycles. The number of aromatic nitrogens is 2. The van der Waals surface area contributed by atoms with Crippen molar-refractivity contribution in [1.29, 1.82) is 0 Å². The van der Waals surface area contributed by atoms with Gasteiger partial charge in [0.25, 0.3) is 0 Å². The molecule has 0 fully saturated rings. The predicted molar refractivity (Wildman–Crippen MR) is 104 cm³/mol. The Balaban J connectivity index is 1.54. The van der Waals surface area contributed by atoms with Gasteiger partial charge in [-0.15, -0.1) is 0 Å². The van der Waals surface area contributed by atoms with Crippen molar-refractivity contribution in [3.63, 3.8) is 0 Å². The monoisotopic (exact) mass is 348 g/mol. The summed E-state index contributed by atoms with van der Waals surface area (Å²) in [5.74, 6) is 0.0134. The van der Waals surface area contributed by atoms with Crippen LogP contribution in [0.25, 0.3) is 5.69 Å². The second kappa shape index (κ2) is 8.45. The third kappa shape index (κ3) is 5.04. The van der Waals surface area contributed by atoms with Crippen molar-refractivity contribution in [3.05, 3.63) is 78.1 Å². The molecule has 1 heterocycles. The molecule has 26 heavy (non-hydrogen) atoms. The molecule has 0 atom stereocenters. The fourth-order valence-electron chi connectivity index (χ4n) is 2.81. The summed E-state index contributed by atoms with van der Waals surface area (Å²) in [6.07, 6.45) is 4.88. The highest BCUT2D eigenvalue weighted by Gasteiger charge is 2.06. The van der Waals surface area contributed by atoms with E-state index >= 15 is 0 Å². The van der Waals surface area contributed by atoms with Crippen molar-refractivity contribution < 1.29 is 4.79 Å². The van der Waals surface area contributed by atoms with Gasteiger partial charge in [0, 0.05) is 24.8 Å². The van der Waals surface area contributed by atoms with Crippen molar-refractivity contribution in [1.82, 2.24) is 14.7 Å². The quantitative estimate of drug-likeness (QED) is 0.711. The summed E-state index contributed by atoms with van der Waals surface area (Å²) in [5, 5.41) is 7.35. The lowest BCUT2D eigenvalue weighted by Gasteiger charge is -2.11. The number of rotatable bonds is 7. The standard InChI is InChI=1S/C21H24N4O/c1-24(2)15-17-7-6-8-19(13-17)23-21(26)12-11-18-14-22-25(16-18)20-9-4-3-5-10-20/h3-10,13-14,16H,11-12,15H2,1-2H3,(H,23,26). The Morgan fingerprint density at radius 2 is 1.88 bits per heavy atom. The van der Waals surface area contributed by atoms with Crippen molar-refractivity contribution >= 4 is 11.6 Å². The Hall–Kier alpha value is -2.92. The predicted octanol–water partition coefficient (Wildman–Crippen LogP) is 3.51. The molecule has 3 rings (SSSR count). The molecule has 5 nitrogen and oxygen atoms in total. The normalized spacial score (nSPS) is 10.9. The molecule has 1 N–H and O–H groups in total. The van der Waals surface area contributed by atoms with Gasteiger partial charge in [-0.3, -0.25) is 4.79 Å². The van der Waals surface area contributed by atoms with Crippen LogP contribution < -0.4 is 5.32 Å². The Morgan fingerprint density at radius 1 is 1.08 bits per heavy atom. The SMILES string of the molecule is CN(C)Cc1cccc(NC(=O)CCc2cnn(-c3ccccc3)c2)c1. The molecule has 0 saturated carbocycles. The average Bonchev–Trinajstić information content (AvgIpc) is 3.09. The Kier molecular flexibility index (Phi) is 5.81. The Labute approximate surface area is 154 Å². The molecule has 0 aliphatic heterocycles. The number of carbonyl (C=O) groups is 1. The summed E-state index contributed by atoms with van der Waals surface area (Å²) in [5.41, 5.74) is 4.08. The van der Waals surface area contributed by atoms with Gasteiger partial charge in [0.05, 0.1) is 11.9 Å². The van der Waals surface area contributed by atoms with E-state index in [9.17, 15) is 4.79 Å². The summed E-state index contributed by atoms with van der Waals surface area (Å²) in [6.45, 7) is 0.850. The van der Waals surface area contributed by atoms with Gasteiger partial charge < -0.3 is 10.2 Å². The lowest BCUT2D eigenvalue weighted by Crippen LogP contribution is -2.13. The van der Waals surface area contributed by atoms with Gasteiger partial charge in [0.2, 0.25) is 5.91 Å². The van der Waals surface area contributed by atoms with Gasteiger partial charge in [-0.05, 0) is 55.9 Å². The highest BCUT2D eigenvalue weighted by Crippen LogP contribution is 2.13. The molecule has 0 unspecified atom stereocenters. The van der Waals surface area contributed by atoms with Gasteiger partial charge >= 0.3 is 0 Å². The Bertz CT molecular complexity index is 855. The third-order valence-corrected chi connectivity index (χ3v) is 4.01. The minimum absolute atomic E-state index is 0.0134. The number of hydrogen-bond donors (Lipinski definition) is 1. The molecular weight excluding hydrogens is 324 g/mol. The molecule has 0 bridgehead atoms. The smallest absolute Gasteiger partial charge is 0.224 e. The van der Waals surface area contributed by atoms with Gasteiger partial charge in [-0.2, -0.15) is 5.10 Å². The van der Waals surface area contributed by atoms with Crippen LogP contribution in [0.2, 0.25) is 0 Å². The highest BCUT2D eigenvalue weighted by molar-refractivity contribution is 5.90. The number of amides is 1. The maximum Gasteiger partial charge on any atom is 0.224 e. The van der Waals surface area contributed by atoms with Crippen molar-refractivity contribution in [2.45, 2.75) is 19.4 Å². The average molecular weight is 348 g/mol. The molecule has 1 aromatic heterocycles. The number of hydrogen-bond acceptors (Lipinski definition) is 3. The van der Waals surface area contributed by atoms with E-state index in [1.807, 2.05) is 79.7 Å². The van der Waals surface area contributed by atoms with Crippen molar-refractivity contribution in [2.24, 2.45) is 0 Å². The Morgan fingerprint density at radius 3 is 2.65 bits per heavy atom. The summed E-state index contributed by atoms with van der Waals surface area (Å²) in [6, 6.07) is 17.9. The fourth-order valence-corrected chi connectivity index (χ4v) is 2.81. The minimum atomic E-state index is 0.0134. The van der Waals surface area contributed by atoms with Crippen LogP contribution in [-0.4, -0.2) is 34.7 Å². The molecule has 1 amide bonds. The van der Waals surface area contributed by atoms with Crippen LogP contribution in [0.5, 0.6) is 0 Å². The number of aryl methyl sites for hydroxylation is 1. The number of benzene rings is 2. The first-order valence-corrected chi connectivity index (χ1v) is 8.72. The molecular formula is C21H24N4O. The van der Waals surface area contributed by atoms with Crippen LogP contribution in [0.4, 0.5) is 5.69 Å². The maximum absolute atomic E-state index is 12.2. The summed E-state index contributed by atoms with van der Waals surface area (Å²) in [7, 11) is 4.06. The highest BCUT2D eigenvalue weighted by atomic mass is 16.1.